The summed E-state index contributed by atoms with van der Waals surface area (Å²) in [5, 5.41) is 6.46. The van der Waals surface area contributed by atoms with Crippen LogP contribution in [0.2, 0.25) is 0 Å². The number of methoxy groups -OCH3 is 2. The Labute approximate surface area is 216 Å². The van der Waals surface area contributed by atoms with Crippen LogP contribution >= 0.6 is 0 Å². The lowest BCUT2D eigenvalue weighted by atomic mass is 10.1. The molecule has 0 aliphatic carbocycles. The monoisotopic (exact) mass is 505 g/mol. The first-order valence-corrected chi connectivity index (χ1v) is 11.8. The van der Waals surface area contributed by atoms with Crippen molar-refractivity contribution < 1.29 is 28.5 Å². The molecule has 9 nitrogen and oxygen atoms in total. The van der Waals surface area contributed by atoms with Crippen LogP contribution < -0.4 is 29.7 Å². The Kier molecular flexibility index (Phi) is 10.3. The largest absolute Gasteiger partial charge is 0.493 e. The van der Waals surface area contributed by atoms with Gasteiger partial charge in [-0.25, -0.2) is 5.43 Å². The fraction of sp³-hybridized carbons (Fsp3) is 0.250. The minimum atomic E-state index is -0.864. The van der Waals surface area contributed by atoms with Gasteiger partial charge < -0.3 is 24.3 Å². The number of ether oxygens (including phenoxy) is 4. The number of rotatable bonds is 12. The molecule has 37 heavy (non-hydrogen) atoms. The lowest BCUT2D eigenvalue weighted by molar-refractivity contribution is -0.139. The molecule has 2 amide bonds. The zero-order valence-corrected chi connectivity index (χ0v) is 21.2. The molecule has 3 aromatic carbocycles. The van der Waals surface area contributed by atoms with Crippen molar-refractivity contribution in [2.24, 2.45) is 5.10 Å². The van der Waals surface area contributed by atoms with Gasteiger partial charge in [0.1, 0.15) is 6.61 Å². The van der Waals surface area contributed by atoms with Gasteiger partial charge in [-0.1, -0.05) is 36.4 Å². The summed E-state index contributed by atoms with van der Waals surface area (Å²) in [6.45, 7) is 3.02. The quantitative estimate of drug-likeness (QED) is 0.222. The van der Waals surface area contributed by atoms with E-state index in [0.29, 0.717) is 48.2 Å². The van der Waals surface area contributed by atoms with Crippen molar-refractivity contribution in [1.82, 2.24) is 10.7 Å². The van der Waals surface area contributed by atoms with Crippen LogP contribution in [-0.4, -0.2) is 45.4 Å². The zero-order chi connectivity index (χ0) is 26.5. The molecular weight excluding hydrogens is 474 g/mol. The van der Waals surface area contributed by atoms with Crippen LogP contribution in [0, 0.1) is 0 Å². The third kappa shape index (κ3) is 8.28. The van der Waals surface area contributed by atoms with Gasteiger partial charge in [-0.2, -0.15) is 5.10 Å². The summed E-state index contributed by atoms with van der Waals surface area (Å²) in [6.07, 6.45) is 1.94. The SMILES string of the molecule is CCOc1cc(/C=N\NC(=O)C(=O)NCCc2ccc(OC)c(OC)c2)ccc1OCc1ccccc1. The topological polar surface area (TPSA) is 107 Å². The molecule has 0 bridgehead atoms. The molecule has 0 atom stereocenters. The van der Waals surface area contributed by atoms with Crippen LogP contribution in [-0.2, 0) is 22.6 Å². The molecule has 0 fully saturated rings. The Morgan fingerprint density at radius 3 is 2.30 bits per heavy atom. The van der Waals surface area contributed by atoms with Gasteiger partial charge in [-0.3, -0.25) is 9.59 Å². The molecule has 9 heteroatoms. The van der Waals surface area contributed by atoms with Crippen LogP contribution in [0.5, 0.6) is 23.0 Å². The number of carbonyl (C=O) groups excluding carboxylic acids is 2. The Morgan fingerprint density at radius 2 is 1.57 bits per heavy atom. The molecule has 3 aromatic rings. The second-order valence-electron chi connectivity index (χ2n) is 7.81. The second-order valence-corrected chi connectivity index (χ2v) is 7.81. The molecule has 3 rings (SSSR count). The standard InChI is InChI=1S/C28H31N3O6/c1-4-36-26-17-22(11-13-24(26)37-19-21-8-6-5-7-9-21)18-30-31-28(33)27(32)29-15-14-20-10-12-23(34-2)25(16-20)35-3/h5-13,16-18H,4,14-15,19H2,1-3H3,(H,29,32)(H,31,33)/b30-18-. The summed E-state index contributed by atoms with van der Waals surface area (Å²) >= 11 is 0. The molecule has 0 heterocycles. The fourth-order valence-corrected chi connectivity index (χ4v) is 3.38. The lowest BCUT2D eigenvalue weighted by Gasteiger charge is -2.12. The van der Waals surface area contributed by atoms with E-state index in [1.54, 1.807) is 38.5 Å². The molecule has 0 saturated carbocycles. The molecule has 0 radical (unpaired) electrons. The van der Waals surface area contributed by atoms with Gasteiger partial charge in [0.25, 0.3) is 0 Å². The predicted octanol–water partition coefficient (Wildman–Crippen LogP) is 3.49. The van der Waals surface area contributed by atoms with E-state index in [0.717, 1.165) is 11.1 Å². The summed E-state index contributed by atoms with van der Waals surface area (Å²) < 4.78 is 22.1. The number of nitrogens with zero attached hydrogens (tertiary/aromatic N) is 1. The maximum Gasteiger partial charge on any atom is 0.329 e. The molecular formula is C28H31N3O6. The lowest BCUT2D eigenvalue weighted by Crippen LogP contribution is -2.38. The van der Waals surface area contributed by atoms with Gasteiger partial charge >= 0.3 is 11.8 Å². The van der Waals surface area contributed by atoms with Crippen molar-refractivity contribution in [3.63, 3.8) is 0 Å². The van der Waals surface area contributed by atoms with E-state index in [-0.39, 0.29) is 6.54 Å². The fourth-order valence-electron chi connectivity index (χ4n) is 3.38. The Morgan fingerprint density at radius 1 is 0.811 bits per heavy atom. The summed E-state index contributed by atoms with van der Waals surface area (Å²) in [6, 6.07) is 20.6. The van der Waals surface area contributed by atoms with Gasteiger partial charge in [0.2, 0.25) is 0 Å². The van der Waals surface area contributed by atoms with Gasteiger partial charge in [-0.15, -0.1) is 0 Å². The van der Waals surface area contributed by atoms with Crippen molar-refractivity contribution in [1.29, 1.82) is 0 Å². The molecule has 0 aliphatic heterocycles. The normalized spacial score (nSPS) is 10.6. The minimum absolute atomic E-state index is 0.271. The highest BCUT2D eigenvalue weighted by Gasteiger charge is 2.12. The Hall–Kier alpha value is -4.53. The number of benzene rings is 3. The average molecular weight is 506 g/mol. The van der Waals surface area contributed by atoms with E-state index >= 15 is 0 Å². The number of hydrogen-bond acceptors (Lipinski definition) is 7. The van der Waals surface area contributed by atoms with E-state index in [9.17, 15) is 9.59 Å². The van der Waals surface area contributed by atoms with Crippen LogP contribution in [0.25, 0.3) is 0 Å². The highest BCUT2D eigenvalue weighted by atomic mass is 16.5. The molecule has 0 aromatic heterocycles. The van der Waals surface area contributed by atoms with E-state index in [2.05, 4.69) is 15.8 Å². The molecule has 194 valence electrons. The van der Waals surface area contributed by atoms with Crippen LogP contribution in [0.15, 0.2) is 71.8 Å². The Balaban J connectivity index is 1.49. The summed E-state index contributed by atoms with van der Waals surface area (Å²) in [7, 11) is 3.12. The second kappa shape index (κ2) is 14.1. The van der Waals surface area contributed by atoms with Crippen LogP contribution in [0.4, 0.5) is 0 Å². The first-order chi connectivity index (χ1) is 18.0. The number of carbonyl (C=O) groups is 2. The first kappa shape index (κ1) is 27.1. The molecule has 0 saturated heterocycles. The predicted molar refractivity (Wildman–Crippen MR) is 140 cm³/mol. The summed E-state index contributed by atoms with van der Waals surface area (Å²) in [5.41, 5.74) is 4.88. The minimum Gasteiger partial charge on any atom is -0.493 e. The van der Waals surface area contributed by atoms with Gasteiger partial charge in [0, 0.05) is 6.54 Å². The molecule has 0 unspecified atom stereocenters. The maximum atomic E-state index is 12.1. The zero-order valence-electron chi connectivity index (χ0n) is 21.2. The van der Waals surface area contributed by atoms with E-state index < -0.39 is 11.8 Å². The third-order valence-electron chi connectivity index (χ3n) is 5.24. The number of hydrazone groups is 1. The van der Waals surface area contributed by atoms with Crippen LogP contribution in [0.3, 0.4) is 0 Å². The molecule has 0 aliphatic rings. The average Bonchev–Trinajstić information content (AvgIpc) is 2.93. The summed E-state index contributed by atoms with van der Waals surface area (Å²) in [5.74, 6) is 0.730. The maximum absolute atomic E-state index is 12.1. The van der Waals surface area contributed by atoms with Gasteiger partial charge in [0.15, 0.2) is 23.0 Å². The first-order valence-electron chi connectivity index (χ1n) is 11.8. The van der Waals surface area contributed by atoms with E-state index in [1.165, 1.54) is 6.21 Å². The summed E-state index contributed by atoms with van der Waals surface area (Å²) in [4.78, 5) is 24.2. The third-order valence-corrected chi connectivity index (χ3v) is 5.24. The van der Waals surface area contributed by atoms with Crippen molar-refractivity contribution in [3.8, 4) is 23.0 Å². The van der Waals surface area contributed by atoms with Crippen molar-refractivity contribution in [2.45, 2.75) is 20.0 Å². The molecule has 0 spiro atoms. The van der Waals surface area contributed by atoms with Crippen molar-refractivity contribution in [3.05, 3.63) is 83.4 Å². The van der Waals surface area contributed by atoms with E-state index in [1.807, 2.05) is 49.4 Å². The number of amides is 2. The van der Waals surface area contributed by atoms with Crippen molar-refractivity contribution >= 4 is 18.0 Å². The highest BCUT2D eigenvalue weighted by Crippen LogP contribution is 2.29. The number of hydrogen-bond donors (Lipinski definition) is 2. The van der Waals surface area contributed by atoms with Crippen LogP contribution in [0.1, 0.15) is 23.6 Å². The van der Waals surface area contributed by atoms with Gasteiger partial charge in [-0.05, 0) is 60.4 Å². The van der Waals surface area contributed by atoms with Crippen molar-refractivity contribution in [2.75, 3.05) is 27.4 Å². The Bertz CT molecular complexity index is 1210. The molecule has 2 N–H and O–H groups in total. The van der Waals surface area contributed by atoms with Gasteiger partial charge in [0.05, 0.1) is 27.0 Å². The highest BCUT2D eigenvalue weighted by molar-refractivity contribution is 6.35. The smallest absolute Gasteiger partial charge is 0.329 e. The van der Waals surface area contributed by atoms with E-state index in [4.69, 9.17) is 18.9 Å². The number of nitrogens with one attached hydrogen (secondary N) is 2.